The predicted octanol–water partition coefficient (Wildman–Crippen LogP) is 3.05. The first-order valence-electron chi connectivity index (χ1n) is 8.20. The van der Waals surface area contributed by atoms with Crippen LogP contribution in [-0.2, 0) is 22.5 Å². The molecule has 0 aliphatic carbocycles. The normalized spacial score (nSPS) is 12.1. The number of aromatic amines is 1. The first-order valence-corrected chi connectivity index (χ1v) is 8.20. The van der Waals surface area contributed by atoms with Crippen molar-refractivity contribution in [1.29, 1.82) is 0 Å². The third-order valence-corrected chi connectivity index (χ3v) is 4.30. The van der Waals surface area contributed by atoms with Gasteiger partial charge in [-0.05, 0) is 29.3 Å². The number of carbonyl (C=O) groups excluding carboxylic acids is 1. The first-order chi connectivity index (χ1) is 12.2. The molecular formula is C20H22N2O3. The highest BCUT2D eigenvalue weighted by molar-refractivity contribution is 5.84. The average molecular weight is 338 g/mol. The number of fused-ring (bicyclic) bond motifs is 1. The summed E-state index contributed by atoms with van der Waals surface area (Å²) in [6, 6.07) is 15.4. The van der Waals surface area contributed by atoms with Gasteiger partial charge in [0.2, 0.25) is 0 Å². The summed E-state index contributed by atoms with van der Waals surface area (Å²) in [6.45, 7) is 0.576. The van der Waals surface area contributed by atoms with Crippen LogP contribution in [0.25, 0.3) is 10.9 Å². The fourth-order valence-corrected chi connectivity index (χ4v) is 2.89. The van der Waals surface area contributed by atoms with Gasteiger partial charge in [0, 0.05) is 30.1 Å². The minimum atomic E-state index is -0.411. The molecule has 0 spiro atoms. The lowest BCUT2D eigenvalue weighted by atomic mass is 10.0. The fraction of sp³-hybridized carbons (Fsp3) is 0.250. The maximum Gasteiger partial charge on any atom is 0.323 e. The number of H-pyrrole nitrogens is 1. The minimum absolute atomic E-state index is 0.265. The minimum Gasteiger partial charge on any atom is -0.497 e. The molecule has 2 N–H and O–H groups in total. The van der Waals surface area contributed by atoms with Gasteiger partial charge in [-0.25, -0.2) is 0 Å². The molecule has 0 saturated heterocycles. The highest BCUT2D eigenvalue weighted by Crippen LogP contribution is 2.19. The lowest BCUT2D eigenvalue weighted by Crippen LogP contribution is -2.39. The molecule has 0 aliphatic rings. The Kier molecular flexibility index (Phi) is 5.36. The Balaban J connectivity index is 1.72. The zero-order chi connectivity index (χ0) is 17.6. The van der Waals surface area contributed by atoms with Crippen LogP contribution in [-0.4, -0.2) is 31.2 Å². The molecule has 0 saturated carbocycles. The molecule has 5 nitrogen and oxygen atoms in total. The number of methoxy groups -OCH3 is 2. The van der Waals surface area contributed by atoms with Crippen molar-refractivity contribution >= 4 is 16.9 Å². The molecule has 25 heavy (non-hydrogen) atoms. The largest absolute Gasteiger partial charge is 0.497 e. The number of carbonyl (C=O) groups is 1. The summed E-state index contributed by atoms with van der Waals surface area (Å²) in [5.74, 6) is 0.547. The topological polar surface area (TPSA) is 63.4 Å². The summed E-state index contributed by atoms with van der Waals surface area (Å²) < 4.78 is 10.1. The molecule has 1 heterocycles. The van der Waals surface area contributed by atoms with Gasteiger partial charge in [-0.1, -0.05) is 30.3 Å². The van der Waals surface area contributed by atoms with Crippen LogP contribution in [0.1, 0.15) is 11.1 Å². The average Bonchev–Trinajstić information content (AvgIpc) is 3.08. The fourth-order valence-electron chi connectivity index (χ4n) is 2.89. The van der Waals surface area contributed by atoms with Crippen molar-refractivity contribution in [3.8, 4) is 5.75 Å². The van der Waals surface area contributed by atoms with E-state index in [0.717, 1.165) is 27.8 Å². The maximum atomic E-state index is 12.2. The molecule has 1 atom stereocenters. The van der Waals surface area contributed by atoms with Gasteiger partial charge in [0.25, 0.3) is 0 Å². The number of ether oxygens (including phenoxy) is 2. The van der Waals surface area contributed by atoms with E-state index >= 15 is 0 Å². The molecule has 5 heteroatoms. The monoisotopic (exact) mass is 338 g/mol. The smallest absolute Gasteiger partial charge is 0.323 e. The van der Waals surface area contributed by atoms with Gasteiger partial charge in [-0.3, -0.25) is 4.79 Å². The Bertz CT molecular complexity index is 840. The van der Waals surface area contributed by atoms with Crippen LogP contribution >= 0.6 is 0 Å². The van der Waals surface area contributed by atoms with Crippen molar-refractivity contribution in [3.05, 3.63) is 65.9 Å². The predicted molar refractivity (Wildman–Crippen MR) is 97.6 cm³/mol. The summed E-state index contributed by atoms with van der Waals surface area (Å²) in [4.78, 5) is 15.4. The Morgan fingerprint density at radius 3 is 2.60 bits per heavy atom. The van der Waals surface area contributed by atoms with E-state index in [1.807, 2.05) is 48.7 Å². The highest BCUT2D eigenvalue weighted by Gasteiger charge is 2.20. The van der Waals surface area contributed by atoms with E-state index in [9.17, 15) is 4.79 Å². The van der Waals surface area contributed by atoms with Gasteiger partial charge in [0.15, 0.2) is 0 Å². The summed E-state index contributed by atoms with van der Waals surface area (Å²) in [6.07, 6.45) is 2.52. The summed E-state index contributed by atoms with van der Waals surface area (Å²) in [7, 11) is 3.06. The van der Waals surface area contributed by atoms with Crippen molar-refractivity contribution in [2.24, 2.45) is 0 Å². The molecule has 130 valence electrons. The second kappa shape index (κ2) is 7.85. The quantitative estimate of drug-likeness (QED) is 0.650. The molecule has 0 fully saturated rings. The molecule has 2 aromatic carbocycles. The van der Waals surface area contributed by atoms with Crippen molar-refractivity contribution in [2.75, 3.05) is 14.2 Å². The van der Waals surface area contributed by atoms with E-state index in [1.54, 1.807) is 7.11 Å². The number of esters is 1. The van der Waals surface area contributed by atoms with E-state index in [1.165, 1.54) is 7.11 Å². The number of hydrogen-bond donors (Lipinski definition) is 2. The third kappa shape index (κ3) is 4.00. The van der Waals surface area contributed by atoms with Crippen molar-refractivity contribution in [1.82, 2.24) is 10.3 Å². The van der Waals surface area contributed by atoms with Gasteiger partial charge >= 0.3 is 5.97 Å². The lowest BCUT2D eigenvalue weighted by Gasteiger charge is -2.16. The van der Waals surface area contributed by atoms with Crippen molar-refractivity contribution < 1.29 is 14.3 Å². The third-order valence-electron chi connectivity index (χ3n) is 4.30. The van der Waals surface area contributed by atoms with E-state index in [2.05, 4.69) is 16.4 Å². The van der Waals surface area contributed by atoms with E-state index in [-0.39, 0.29) is 5.97 Å². The SMILES string of the molecule is COC(=O)[C@@H](Cc1c[nH]c2ccccc12)NCc1ccc(OC)cc1. The zero-order valence-corrected chi connectivity index (χ0v) is 14.4. The molecule has 0 bridgehead atoms. The zero-order valence-electron chi connectivity index (χ0n) is 14.4. The number of hydrogen-bond acceptors (Lipinski definition) is 4. The second-order valence-electron chi connectivity index (χ2n) is 5.87. The standard InChI is InChI=1S/C20H22N2O3/c1-24-16-9-7-14(8-10-16)12-21-19(20(23)25-2)11-15-13-22-18-6-4-3-5-17(15)18/h3-10,13,19,21-22H,11-12H2,1-2H3/t19-/m1/s1. The van der Waals surface area contributed by atoms with Crippen LogP contribution in [0, 0.1) is 0 Å². The molecule has 3 aromatic rings. The highest BCUT2D eigenvalue weighted by atomic mass is 16.5. The number of nitrogens with one attached hydrogen (secondary N) is 2. The van der Waals surface area contributed by atoms with Crippen LogP contribution in [0.5, 0.6) is 5.75 Å². The van der Waals surface area contributed by atoms with E-state index in [0.29, 0.717) is 13.0 Å². The summed E-state index contributed by atoms with van der Waals surface area (Å²) >= 11 is 0. The first kappa shape index (κ1) is 17.0. The maximum absolute atomic E-state index is 12.2. The van der Waals surface area contributed by atoms with Crippen molar-refractivity contribution in [3.63, 3.8) is 0 Å². The van der Waals surface area contributed by atoms with E-state index < -0.39 is 6.04 Å². The Hall–Kier alpha value is -2.79. The molecule has 0 amide bonds. The molecule has 1 aromatic heterocycles. The van der Waals surface area contributed by atoms with Crippen LogP contribution in [0.2, 0.25) is 0 Å². The molecular weight excluding hydrogens is 316 g/mol. The second-order valence-corrected chi connectivity index (χ2v) is 5.87. The van der Waals surface area contributed by atoms with Crippen LogP contribution in [0.15, 0.2) is 54.7 Å². The molecule has 0 aliphatic heterocycles. The van der Waals surface area contributed by atoms with Gasteiger partial charge in [0.05, 0.1) is 14.2 Å². The molecule has 3 rings (SSSR count). The molecule has 0 radical (unpaired) electrons. The number of rotatable bonds is 7. The van der Waals surface area contributed by atoms with Crippen LogP contribution in [0.4, 0.5) is 0 Å². The van der Waals surface area contributed by atoms with Crippen LogP contribution < -0.4 is 10.1 Å². The number of para-hydroxylation sites is 1. The summed E-state index contributed by atoms with van der Waals surface area (Å²) in [5.41, 5.74) is 3.23. The number of benzene rings is 2. The Morgan fingerprint density at radius 1 is 1.12 bits per heavy atom. The van der Waals surface area contributed by atoms with Gasteiger partial charge in [0.1, 0.15) is 11.8 Å². The number of aromatic nitrogens is 1. The molecule has 0 unspecified atom stereocenters. The van der Waals surface area contributed by atoms with Crippen molar-refractivity contribution in [2.45, 2.75) is 19.0 Å². The van der Waals surface area contributed by atoms with Crippen LogP contribution in [0.3, 0.4) is 0 Å². The van der Waals surface area contributed by atoms with Gasteiger partial charge in [-0.2, -0.15) is 0 Å². The Morgan fingerprint density at radius 2 is 1.88 bits per heavy atom. The van der Waals surface area contributed by atoms with Gasteiger partial charge < -0.3 is 19.8 Å². The Labute approximate surface area is 147 Å². The lowest BCUT2D eigenvalue weighted by molar-refractivity contribution is -0.143. The van der Waals surface area contributed by atoms with Gasteiger partial charge in [-0.15, -0.1) is 0 Å². The van der Waals surface area contributed by atoms with E-state index in [4.69, 9.17) is 9.47 Å². The summed E-state index contributed by atoms with van der Waals surface area (Å²) in [5, 5.41) is 4.43.